The monoisotopic (exact) mass is 213 g/mol. The Hall–Kier alpha value is -1.78. The summed E-state index contributed by atoms with van der Waals surface area (Å²) >= 11 is 0. The van der Waals surface area contributed by atoms with Crippen LogP contribution in [0, 0.1) is 0 Å². The number of phenols is 1. The maximum atomic E-state index is 12.9. The van der Waals surface area contributed by atoms with Crippen molar-refractivity contribution < 1.29 is 19.4 Å². The zero-order valence-electron chi connectivity index (χ0n) is 7.98. The number of carboxylic acid groups (broad SMARTS) is 1. The van der Waals surface area contributed by atoms with Crippen LogP contribution in [0.1, 0.15) is 6.42 Å². The molecule has 3 N–H and O–H groups in total. The highest BCUT2D eigenvalue weighted by molar-refractivity contribution is 5.67. The molecule has 0 aliphatic carbocycles. The summed E-state index contributed by atoms with van der Waals surface area (Å²) in [7, 11) is 0. The van der Waals surface area contributed by atoms with E-state index in [-0.39, 0.29) is 12.3 Å². The lowest BCUT2D eigenvalue weighted by molar-refractivity contribution is -0.138. The van der Waals surface area contributed by atoms with Gasteiger partial charge in [0, 0.05) is 12.2 Å². The first-order valence-corrected chi connectivity index (χ1v) is 4.46. The predicted octanol–water partition coefficient (Wildman–Crippen LogP) is 1.62. The lowest BCUT2D eigenvalue weighted by Crippen LogP contribution is -2.18. The third-order valence-corrected chi connectivity index (χ3v) is 1.79. The Balaban J connectivity index is 2.36. The fourth-order valence-corrected chi connectivity index (χ4v) is 1.07. The van der Waals surface area contributed by atoms with Crippen LogP contribution in [-0.4, -0.2) is 28.9 Å². The quantitative estimate of drug-likeness (QED) is 0.650. The Bertz CT molecular complexity index is 326. The van der Waals surface area contributed by atoms with E-state index in [1.807, 2.05) is 0 Å². The maximum Gasteiger partial charge on any atom is 0.306 e. The Kier molecular flexibility index (Phi) is 3.91. The van der Waals surface area contributed by atoms with Crippen LogP contribution in [0.4, 0.5) is 10.1 Å². The van der Waals surface area contributed by atoms with Crippen LogP contribution >= 0.6 is 0 Å². The van der Waals surface area contributed by atoms with Gasteiger partial charge in [0.05, 0.1) is 6.42 Å². The summed E-state index contributed by atoms with van der Waals surface area (Å²) in [5, 5.41) is 20.0. The molecule has 0 aliphatic heterocycles. The smallest absolute Gasteiger partial charge is 0.306 e. The number of hydrogen-bond acceptors (Lipinski definition) is 3. The van der Waals surface area contributed by atoms with E-state index in [2.05, 4.69) is 5.32 Å². The molecule has 4 nitrogen and oxygen atoms in total. The van der Waals surface area contributed by atoms with Gasteiger partial charge in [-0.1, -0.05) is 0 Å². The van der Waals surface area contributed by atoms with Crippen molar-refractivity contribution >= 4 is 11.7 Å². The summed E-state index contributed by atoms with van der Waals surface area (Å²) in [5.41, 5.74) is 0.640. The summed E-state index contributed by atoms with van der Waals surface area (Å²) < 4.78 is 12.9. The largest absolute Gasteiger partial charge is 0.508 e. The number of anilines is 1. The number of nitrogens with one attached hydrogen (secondary N) is 1. The molecule has 5 heteroatoms. The highest BCUT2D eigenvalue weighted by Crippen LogP contribution is 2.14. The predicted molar refractivity (Wildman–Crippen MR) is 53.7 cm³/mol. The van der Waals surface area contributed by atoms with Crippen molar-refractivity contribution in [2.24, 2.45) is 0 Å². The van der Waals surface area contributed by atoms with Crippen molar-refractivity contribution in [3.8, 4) is 5.75 Å². The van der Waals surface area contributed by atoms with E-state index in [1.54, 1.807) is 12.1 Å². The van der Waals surface area contributed by atoms with E-state index in [0.717, 1.165) is 0 Å². The van der Waals surface area contributed by atoms with Crippen LogP contribution in [0.15, 0.2) is 24.3 Å². The molecule has 0 radical (unpaired) electrons. The molecular weight excluding hydrogens is 201 g/mol. The van der Waals surface area contributed by atoms with E-state index < -0.39 is 18.6 Å². The van der Waals surface area contributed by atoms with Gasteiger partial charge in [0.1, 0.15) is 11.9 Å². The number of alkyl halides is 1. The Morgan fingerprint density at radius 1 is 1.40 bits per heavy atom. The molecule has 1 aromatic rings. The van der Waals surface area contributed by atoms with Gasteiger partial charge < -0.3 is 15.5 Å². The van der Waals surface area contributed by atoms with Crippen LogP contribution in [0.3, 0.4) is 0 Å². The van der Waals surface area contributed by atoms with Gasteiger partial charge in [-0.2, -0.15) is 0 Å². The molecule has 82 valence electrons. The molecule has 0 bridgehead atoms. The molecular formula is C10H12FNO3. The second-order valence-electron chi connectivity index (χ2n) is 3.12. The number of carboxylic acids is 1. The molecule has 1 unspecified atom stereocenters. The standard InChI is InChI=1S/C10H12FNO3/c11-7(5-10(14)15)6-12-8-1-3-9(13)4-2-8/h1-4,7,12-13H,5-6H2,(H,14,15). The van der Waals surface area contributed by atoms with Gasteiger partial charge in [0.25, 0.3) is 0 Å². The zero-order valence-corrected chi connectivity index (χ0v) is 7.98. The number of rotatable bonds is 5. The summed E-state index contributed by atoms with van der Waals surface area (Å²) in [6.07, 6.45) is -1.93. The zero-order chi connectivity index (χ0) is 11.3. The van der Waals surface area contributed by atoms with E-state index in [0.29, 0.717) is 5.69 Å². The lowest BCUT2D eigenvalue weighted by atomic mass is 10.2. The average molecular weight is 213 g/mol. The number of aliphatic carboxylic acids is 1. The Morgan fingerprint density at radius 2 is 2.00 bits per heavy atom. The van der Waals surface area contributed by atoms with Crippen molar-refractivity contribution in [1.29, 1.82) is 0 Å². The normalized spacial score (nSPS) is 12.1. The number of halogens is 1. The van der Waals surface area contributed by atoms with Crippen LogP contribution in [0.2, 0.25) is 0 Å². The van der Waals surface area contributed by atoms with Crippen LogP contribution in [0.5, 0.6) is 5.75 Å². The van der Waals surface area contributed by atoms with Crippen LogP contribution in [0.25, 0.3) is 0 Å². The third kappa shape index (κ3) is 4.30. The molecule has 0 saturated carbocycles. The van der Waals surface area contributed by atoms with Gasteiger partial charge in [0.2, 0.25) is 0 Å². The molecule has 0 heterocycles. The van der Waals surface area contributed by atoms with E-state index in [9.17, 15) is 9.18 Å². The number of benzene rings is 1. The molecule has 0 spiro atoms. The first-order valence-electron chi connectivity index (χ1n) is 4.46. The van der Waals surface area contributed by atoms with Crippen molar-refractivity contribution in [2.75, 3.05) is 11.9 Å². The fraction of sp³-hybridized carbons (Fsp3) is 0.300. The first kappa shape index (κ1) is 11.3. The van der Waals surface area contributed by atoms with Crippen molar-refractivity contribution in [3.63, 3.8) is 0 Å². The number of aromatic hydroxyl groups is 1. The number of phenolic OH excluding ortho intramolecular Hbond substituents is 1. The van der Waals surface area contributed by atoms with E-state index in [4.69, 9.17) is 10.2 Å². The molecule has 0 saturated heterocycles. The molecule has 0 amide bonds. The Labute approximate surface area is 86.4 Å². The minimum atomic E-state index is -1.42. The molecule has 1 rings (SSSR count). The van der Waals surface area contributed by atoms with E-state index in [1.165, 1.54) is 12.1 Å². The highest BCUT2D eigenvalue weighted by atomic mass is 19.1. The topological polar surface area (TPSA) is 69.6 Å². The maximum absolute atomic E-state index is 12.9. The molecule has 0 aromatic heterocycles. The molecule has 1 aromatic carbocycles. The summed E-state index contributed by atoms with van der Waals surface area (Å²) in [6.45, 7) is -0.0585. The highest BCUT2D eigenvalue weighted by Gasteiger charge is 2.10. The van der Waals surface area contributed by atoms with Gasteiger partial charge in [-0.3, -0.25) is 4.79 Å². The van der Waals surface area contributed by atoms with Crippen molar-refractivity contribution in [1.82, 2.24) is 0 Å². The lowest BCUT2D eigenvalue weighted by Gasteiger charge is -2.08. The molecule has 0 aliphatic rings. The number of carbonyl (C=O) groups is 1. The third-order valence-electron chi connectivity index (χ3n) is 1.79. The molecule has 0 fully saturated rings. The van der Waals surface area contributed by atoms with Gasteiger partial charge in [-0.15, -0.1) is 0 Å². The SMILES string of the molecule is O=C(O)CC(F)CNc1ccc(O)cc1. The second-order valence-corrected chi connectivity index (χ2v) is 3.12. The second kappa shape index (κ2) is 5.19. The summed E-state index contributed by atoms with van der Waals surface area (Å²) in [6, 6.07) is 6.10. The fourth-order valence-electron chi connectivity index (χ4n) is 1.07. The van der Waals surface area contributed by atoms with Gasteiger partial charge >= 0.3 is 5.97 Å². The van der Waals surface area contributed by atoms with Gasteiger partial charge in [-0.25, -0.2) is 4.39 Å². The summed E-state index contributed by atoms with van der Waals surface area (Å²) in [5.74, 6) is -1.03. The Morgan fingerprint density at radius 3 is 2.53 bits per heavy atom. The van der Waals surface area contributed by atoms with Crippen LogP contribution in [-0.2, 0) is 4.79 Å². The first-order chi connectivity index (χ1) is 7.08. The molecule has 1 atom stereocenters. The van der Waals surface area contributed by atoms with E-state index >= 15 is 0 Å². The van der Waals surface area contributed by atoms with Crippen molar-refractivity contribution in [3.05, 3.63) is 24.3 Å². The summed E-state index contributed by atoms with van der Waals surface area (Å²) in [4.78, 5) is 10.2. The van der Waals surface area contributed by atoms with Crippen LogP contribution < -0.4 is 5.32 Å². The number of hydrogen-bond donors (Lipinski definition) is 3. The van der Waals surface area contributed by atoms with Gasteiger partial charge in [0.15, 0.2) is 0 Å². The molecule has 15 heavy (non-hydrogen) atoms. The van der Waals surface area contributed by atoms with Crippen molar-refractivity contribution in [2.45, 2.75) is 12.6 Å². The average Bonchev–Trinajstić information content (AvgIpc) is 2.16. The minimum Gasteiger partial charge on any atom is -0.508 e. The minimum absolute atomic E-state index is 0.0585. The van der Waals surface area contributed by atoms with Gasteiger partial charge in [-0.05, 0) is 24.3 Å².